The van der Waals surface area contributed by atoms with Gasteiger partial charge in [0.2, 0.25) is 0 Å². The molecule has 0 spiro atoms. The molecule has 2 aliphatic rings. The third-order valence-corrected chi connectivity index (χ3v) is 4.54. The Hall–Kier alpha value is -1.81. The zero-order valence-corrected chi connectivity index (χ0v) is 14.7. The summed E-state index contributed by atoms with van der Waals surface area (Å²) >= 11 is 0. The van der Waals surface area contributed by atoms with Crippen molar-refractivity contribution in [3.05, 3.63) is 30.3 Å². The summed E-state index contributed by atoms with van der Waals surface area (Å²) in [5.41, 5.74) is -0.563. The normalized spacial score (nSPS) is 21.3. The summed E-state index contributed by atoms with van der Waals surface area (Å²) in [5.74, 6) is 0. The standard InChI is InChI=1S/C16H21N2O4P/c1-15(2)10-19-13(17-15)21-23(12-8-6-5-7-9-12)22-14-18-16(3,4)11-20-14/h5-9H,10-11H2,1-4H3. The zero-order chi connectivity index (χ0) is 16.5. The van der Waals surface area contributed by atoms with E-state index in [9.17, 15) is 0 Å². The van der Waals surface area contributed by atoms with E-state index in [1.807, 2.05) is 58.0 Å². The van der Waals surface area contributed by atoms with Crippen molar-refractivity contribution in [2.75, 3.05) is 13.2 Å². The molecule has 0 fully saturated rings. The topological polar surface area (TPSA) is 61.6 Å². The first-order valence-corrected chi connectivity index (χ1v) is 8.67. The van der Waals surface area contributed by atoms with Gasteiger partial charge in [0.25, 0.3) is 0 Å². The van der Waals surface area contributed by atoms with Gasteiger partial charge in [-0.2, -0.15) is 0 Å². The lowest BCUT2D eigenvalue weighted by Gasteiger charge is -2.16. The molecule has 0 aliphatic carbocycles. The summed E-state index contributed by atoms with van der Waals surface area (Å²) in [6.45, 7) is 8.93. The minimum Gasteiger partial charge on any atom is -0.448 e. The van der Waals surface area contributed by atoms with Crippen LogP contribution in [0, 0.1) is 0 Å². The lowest BCUT2D eigenvalue weighted by molar-refractivity contribution is 0.223. The van der Waals surface area contributed by atoms with Gasteiger partial charge in [-0.1, -0.05) is 18.2 Å². The van der Waals surface area contributed by atoms with Crippen molar-refractivity contribution in [2.24, 2.45) is 9.98 Å². The molecule has 0 amide bonds. The van der Waals surface area contributed by atoms with E-state index < -0.39 is 8.38 Å². The third-order valence-electron chi connectivity index (χ3n) is 3.17. The molecule has 6 nitrogen and oxygen atoms in total. The highest BCUT2D eigenvalue weighted by Gasteiger charge is 2.34. The lowest BCUT2D eigenvalue weighted by Crippen LogP contribution is -2.17. The zero-order valence-electron chi connectivity index (χ0n) is 13.8. The molecular weight excluding hydrogens is 315 g/mol. The van der Waals surface area contributed by atoms with E-state index in [0.717, 1.165) is 5.30 Å². The van der Waals surface area contributed by atoms with Gasteiger partial charge in [0.15, 0.2) is 0 Å². The van der Waals surface area contributed by atoms with Crippen molar-refractivity contribution in [1.82, 2.24) is 0 Å². The summed E-state index contributed by atoms with van der Waals surface area (Å²) in [6, 6.07) is 9.68. The number of benzene rings is 1. The van der Waals surface area contributed by atoms with Gasteiger partial charge < -0.3 is 18.5 Å². The second kappa shape index (κ2) is 6.00. The summed E-state index contributed by atoms with van der Waals surface area (Å²) in [5, 5.41) is 0.898. The van der Waals surface area contributed by atoms with Gasteiger partial charge >= 0.3 is 20.5 Å². The molecule has 0 N–H and O–H groups in total. The maximum Gasteiger partial charge on any atom is 0.389 e. The molecule has 7 heteroatoms. The Balaban J connectivity index is 1.78. The summed E-state index contributed by atoms with van der Waals surface area (Å²) < 4.78 is 22.8. The van der Waals surface area contributed by atoms with Crippen LogP contribution in [-0.2, 0) is 18.5 Å². The molecule has 0 bridgehead atoms. The minimum absolute atomic E-state index is 0.253. The molecule has 124 valence electrons. The van der Waals surface area contributed by atoms with Crippen LogP contribution < -0.4 is 5.30 Å². The average Bonchev–Trinajstić information content (AvgIpc) is 3.01. The van der Waals surface area contributed by atoms with Crippen LogP contribution in [0.1, 0.15) is 27.7 Å². The molecule has 0 saturated heterocycles. The Morgan fingerprint density at radius 2 is 1.35 bits per heavy atom. The largest absolute Gasteiger partial charge is 0.448 e. The fraction of sp³-hybridized carbons (Fsp3) is 0.500. The smallest absolute Gasteiger partial charge is 0.389 e. The van der Waals surface area contributed by atoms with Crippen LogP contribution in [0.2, 0.25) is 0 Å². The third kappa shape index (κ3) is 4.14. The Kier molecular flexibility index (Phi) is 4.19. The summed E-state index contributed by atoms with van der Waals surface area (Å²) in [6.07, 6.45) is 0.505. The molecular formula is C16H21N2O4P. The molecule has 0 aromatic heterocycles. The molecule has 1 aromatic carbocycles. The fourth-order valence-corrected chi connectivity index (χ4v) is 3.14. The molecule has 0 atom stereocenters. The van der Waals surface area contributed by atoms with E-state index in [4.69, 9.17) is 18.5 Å². The average molecular weight is 336 g/mol. The monoisotopic (exact) mass is 336 g/mol. The van der Waals surface area contributed by atoms with Gasteiger partial charge in [0.05, 0.1) is 16.4 Å². The SMILES string of the molecule is CC1(C)COC(OP(OC2=NC(C)(C)CO2)c2ccccc2)=N1. The van der Waals surface area contributed by atoms with E-state index in [-0.39, 0.29) is 23.2 Å². The molecule has 0 unspecified atom stereocenters. The van der Waals surface area contributed by atoms with Gasteiger partial charge in [-0.05, 0) is 39.8 Å². The summed E-state index contributed by atoms with van der Waals surface area (Å²) in [4.78, 5) is 8.83. The first-order chi connectivity index (χ1) is 10.8. The van der Waals surface area contributed by atoms with Crippen LogP contribution in [-0.4, -0.2) is 36.5 Å². The number of rotatable bonds is 3. The van der Waals surface area contributed by atoms with E-state index in [1.54, 1.807) is 0 Å². The Bertz CT molecular complexity index is 592. The molecule has 0 radical (unpaired) electrons. The van der Waals surface area contributed by atoms with Gasteiger partial charge in [-0.3, -0.25) is 0 Å². The Morgan fingerprint density at radius 3 is 1.74 bits per heavy atom. The van der Waals surface area contributed by atoms with Crippen molar-refractivity contribution in [2.45, 2.75) is 38.8 Å². The van der Waals surface area contributed by atoms with Gasteiger partial charge in [-0.15, -0.1) is 0 Å². The molecule has 1 aromatic rings. The van der Waals surface area contributed by atoms with Crippen molar-refractivity contribution in [1.29, 1.82) is 0 Å². The molecule has 2 heterocycles. The van der Waals surface area contributed by atoms with Gasteiger partial charge in [-0.25, -0.2) is 9.98 Å². The maximum atomic E-state index is 5.87. The van der Waals surface area contributed by atoms with Crippen LogP contribution in [0.5, 0.6) is 0 Å². The molecule has 23 heavy (non-hydrogen) atoms. The fourth-order valence-electron chi connectivity index (χ4n) is 2.01. The molecule has 2 aliphatic heterocycles. The number of ether oxygens (including phenoxy) is 2. The Labute approximate surface area is 137 Å². The van der Waals surface area contributed by atoms with Gasteiger partial charge in [0, 0.05) is 0 Å². The lowest BCUT2D eigenvalue weighted by atomic mass is 10.1. The predicted molar refractivity (Wildman–Crippen MR) is 90.1 cm³/mol. The van der Waals surface area contributed by atoms with Crippen molar-refractivity contribution in [3.63, 3.8) is 0 Å². The van der Waals surface area contributed by atoms with Crippen LogP contribution in [0.25, 0.3) is 0 Å². The summed E-state index contributed by atoms with van der Waals surface area (Å²) in [7, 11) is -1.47. The van der Waals surface area contributed by atoms with Crippen LogP contribution in [0.3, 0.4) is 0 Å². The Morgan fingerprint density at radius 1 is 0.870 bits per heavy atom. The van der Waals surface area contributed by atoms with Crippen molar-refractivity contribution in [3.8, 4) is 0 Å². The maximum absolute atomic E-state index is 5.87. The highest BCUT2D eigenvalue weighted by Crippen LogP contribution is 2.40. The van der Waals surface area contributed by atoms with Crippen LogP contribution in [0.15, 0.2) is 40.3 Å². The highest BCUT2D eigenvalue weighted by molar-refractivity contribution is 7.57. The first kappa shape index (κ1) is 16.1. The number of hydrogen-bond donors (Lipinski definition) is 0. The second-order valence-electron chi connectivity index (χ2n) is 6.73. The van der Waals surface area contributed by atoms with E-state index in [1.165, 1.54) is 0 Å². The van der Waals surface area contributed by atoms with Crippen LogP contribution >= 0.6 is 8.38 Å². The molecule has 3 rings (SSSR count). The van der Waals surface area contributed by atoms with E-state index in [2.05, 4.69) is 9.98 Å². The quantitative estimate of drug-likeness (QED) is 0.796. The van der Waals surface area contributed by atoms with Gasteiger partial charge in [0.1, 0.15) is 13.2 Å². The van der Waals surface area contributed by atoms with E-state index in [0.29, 0.717) is 13.2 Å². The first-order valence-electron chi connectivity index (χ1n) is 7.49. The number of aliphatic imine (C=N–C) groups is 2. The van der Waals surface area contributed by atoms with Crippen LogP contribution in [0.4, 0.5) is 0 Å². The molecule has 0 saturated carbocycles. The van der Waals surface area contributed by atoms with E-state index >= 15 is 0 Å². The number of hydrogen-bond acceptors (Lipinski definition) is 6. The highest BCUT2D eigenvalue weighted by atomic mass is 31.2. The van der Waals surface area contributed by atoms with Crippen molar-refractivity contribution < 1.29 is 18.5 Å². The second-order valence-corrected chi connectivity index (χ2v) is 8.13. The van der Waals surface area contributed by atoms with Crippen molar-refractivity contribution >= 4 is 25.8 Å². The predicted octanol–water partition coefficient (Wildman–Crippen LogP) is 2.99. The number of nitrogens with zero attached hydrogens (tertiary/aromatic N) is 2. The minimum atomic E-state index is -1.47.